The molecule has 2 heterocycles. The summed E-state index contributed by atoms with van der Waals surface area (Å²) in [7, 11) is 0. The molecule has 1 aliphatic rings. The van der Waals surface area contributed by atoms with E-state index in [1.165, 1.54) is 0 Å². The molecule has 0 saturated heterocycles. The van der Waals surface area contributed by atoms with Crippen LogP contribution in [0.2, 0.25) is 0 Å². The van der Waals surface area contributed by atoms with Crippen molar-refractivity contribution in [2.45, 2.75) is 51.9 Å². The van der Waals surface area contributed by atoms with Gasteiger partial charge in [0.1, 0.15) is 6.10 Å². The third-order valence-electron chi connectivity index (χ3n) is 2.31. The molecule has 1 unspecified atom stereocenters. The molecule has 0 fully saturated rings. The zero-order chi connectivity index (χ0) is 10.2. The van der Waals surface area contributed by atoms with Crippen molar-refractivity contribution in [2.24, 2.45) is 0 Å². The molecule has 0 radical (unpaired) electrons. The lowest BCUT2D eigenvalue weighted by atomic mass is 10.1. The Hall–Kier alpha value is -0.900. The standard InChI is InChI=1S/C10H17N3O/c1-10(2,3)14-9-5-4-6-13-8(9)7-11-12-13/h7,9H,4-6H2,1-3H3. The minimum absolute atomic E-state index is 0.100. The van der Waals surface area contributed by atoms with E-state index in [0.717, 1.165) is 25.1 Å². The van der Waals surface area contributed by atoms with Gasteiger partial charge >= 0.3 is 0 Å². The summed E-state index contributed by atoms with van der Waals surface area (Å²) in [5.41, 5.74) is 1.02. The summed E-state index contributed by atoms with van der Waals surface area (Å²) in [5, 5.41) is 7.94. The van der Waals surface area contributed by atoms with Crippen molar-refractivity contribution in [2.75, 3.05) is 0 Å². The lowest BCUT2D eigenvalue weighted by Crippen LogP contribution is -2.27. The maximum atomic E-state index is 5.96. The Kier molecular flexibility index (Phi) is 2.31. The number of aromatic nitrogens is 3. The van der Waals surface area contributed by atoms with Gasteiger partial charge < -0.3 is 4.74 Å². The Morgan fingerprint density at radius 2 is 2.29 bits per heavy atom. The Balaban J connectivity index is 2.16. The molecular formula is C10H17N3O. The van der Waals surface area contributed by atoms with E-state index >= 15 is 0 Å². The second kappa shape index (κ2) is 3.35. The molecule has 0 spiro atoms. The summed E-state index contributed by atoms with van der Waals surface area (Å²) in [6, 6.07) is 0. The molecule has 78 valence electrons. The van der Waals surface area contributed by atoms with Crippen molar-refractivity contribution in [1.29, 1.82) is 0 Å². The van der Waals surface area contributed by atoms with Gasteiger partial charge in [0, 0.05) is 6.54 Å². The Labute approximate surface area is 84.3 Å². The molecule has 0 saturated carbocycles. The van der Waals surface area contributed by atoms with Crippen LogP contribution in [0.1, 0.15) is 45.4 Å². The van der Waals surface area contributed by atoms with Crippen molar-refractivity contribution in [3.05, 3.63) is 11.9 Å². The fourth-order valence-electron chi connectivity index (χ4n) is 1.81. The first-order valence-electron chi connectivity index (χ1n) is 5.12. The van der Waals surface area contributed by atoms with Crippen LogP contribution < -0.4 is 0 Å². The number of rotatable bonds is 1. The van der Waals surface area contributed by atoms with E-state index in [0.29, 0.717) is 0 Å². The predicted octanol–water partition coefficient (Wildman–Crippen LogP) is 1.93. The van der Waals surface area contributed by atoms with Crippen LogP contribution in [0.15, 0.2) is 6.20 Å². The van der Waals surface area contributed by atoms with Gasteiger partial charge in [0.2, 0.25) is 0 Å². The lowest BCUT2D eigenvalue weighted by molar-refractivity contribution is -0.0744. The average molecular weight is 195 g/mol. The van der Waals surface area contributed by atoms with Crippen molar-refractivity contribution >= 4 is 0 Å². The summed E-state index contributed by atoms with van der Waals surface area (Å²) in [6.07, 6.45) is 4.18. The van der Waals surface area contributed by atoms with Crippen LogP contribution in [-0.2, 0) is 11.3 Å². The Bertz CT molecular complexity index is 313. The van der Waals surface area contributed by atoms with Gasteiger partial charge in [0.25, 0.3) is 0 Å². The van der Waals surface area contributed by atoms with Crippen LogP contribution in [-0.4, -0.2) is 20.6 Å². The topological polar surface area (TPSA) is 39.9 Å². The van der Waals surface area contributed by atoms with Crippen LogP contribution in [0.3, 0.4) is 0 Å². The van der Waals surface area contributed by atoms with Gasteiger partial charge in [-0.3, -0.25) is 0 Å². The average Bonchev–Trinajstić information content (AvgIpc) is 2.49. The van der Waals surface area contributed by atoms with Gasteiger partial charge in [-0.1, -0.05) is 5.21 Å². The maximum absolute atomic E-state index is 5.96. The van der Waals surface area contributed by atoms with Crippen LogP contribution in [0.4, 0.5) is 0 Å². The molecule has 0 amide bonds. The highest BCUT2D eigenvalue weighted by Crippen LogP contribution is 2.30. The zero-order valence-corrected chi connectivity index (χ0v) is 9.03. The first-order valence-corrected chi connectivity index (χ1v) is 5.12. The zero-order valence-electron chi connectivity index (χ0n) is 9.03. The summed E-state index contributed by atoms with van der Waals surface area (Å²) < 4.78 is 7.91. The van der Waals surface area contributed by atoms with Crippen LogP contribution in [0, 0.1) is 0 Å². The molecule has 0 bridgehead atoms. The van der Waals surface area contributed by atoms with Gasteiger partial charge in [0.05, 0.1) is 17.5 Å². The second-order valence-electron chi connectivity index (χ2n) is 4.74. The van der Waals surface area contributed by atoms with Gasteiger partial charge in [-0.25, -0.2) is 4.68 Å². The molecule has 1 aliphatic heterocycles. The Morgan fingerprint density at radius 3 is 3.00 bits per heavy atom. The quantitative estimate of drug-likeness (QED) is 0.687. The van der Waals surface area contributed by atoms with Crippen molar-refractivity contribution in [3.8, 4) is 0 Å². The molecule has 0 N–H and O–H groups in total. The molecule has 2 rings (SSSR count). The molecular weight excluding hydrogens is 178 g/mol. The fourth-order valence-corrected chi connectivity index (χ4v) is 1.81. The smallest absolute Gasteiger partial charge is 0.102 e. The SMILES string of the molecule is CC(C)(C)OC1CCCn2nncc21. The molecule has 4 heteroatoms. The van der Waals surface area contributed by atoms with E-state index in [2.05, 4.69) is 31.1 Å². The van der Waals surface area contributed by atoms with Gasteiger partial charge in [-0.2, -0.15) is 0 Å². The van der Waals surface area contributed by atoms with E-state index < -0.39 is 0 Å². The third kappa shape index (κ3) is 1.95. The molecule has 0 aliphatic carbocycles. The highest BCUT2D eigenvalue weighted by molar-refractivity contribution is 5.02. The molecule has 0 aromatic carbocycles. The lowest BCUT2D eigenvalue weighted by Gasteiger charge is -2.30. The minimum atomic E-state index is -0.100. The summed E-state index contributed by atoms with van der Waals surface area (Å²) in [6.45, 7) is 7.21. The van der Waals surface area contributed by atoms with E-state index in [1.807, 2.05) is 10.9 Å². The van der Waals surface area contributed by atoms with Crippen molar-refractivity contribution in [1.82, 2.24) is 15.0 Å². The highest BCUT2D eigenvalue weighted by Gasteiger charge is 2.26. The third-order valence-corrected chi connectivity index (χ3v) is 2.31. The minimum Gasteiger partial charge on any atom is -0.366 e. The van der Waals surface area contributed by atoms with Crippen LogP contribution in [0.25, 0.3) is 0 Å². The number of hydrogen-bond donors (Lipinski definition) is 0. The number of fused-ring (bicyclic) bond motifs is 1. The van der Waals surface area contributed by atoms with E-state index in [9.17, 15) is 0 Å². The summed E-state index contributed by atoms with van der Waals surface area (Å²) in [5.74, 6) is 0. The summed E-state index contributed by atoms with van der Waals surface area (Å²) in [4.78, 5) is 0. The predicted molar refractivity (Wildman–Crippen MR) is 52.8 cm³/mol. The number of ether oxygens (including phenoxy) is 1. The van der Waals surface area contributed by atoms with E-state index in [1.54, 1.807) is 0 Å². The van der Waals surface area contributed by atoms with Crippen LogP contribution in [0.5, 0.6) is 0 Å². The number of nitrogens with zero attached hydrogens (tertiary/aromatic N) is 3. The van der Waals surface area contributed by atoms with Gasteiger partial charge in [-0.15, -0.1) is 5.10 Å². The molecule has 4 nitrogen and oxygen atoms in total. The maximum Gasteiger partial charge on any atom is 0.102 e. The largest absolute Gasteiger partial charge is 0.366 e. The normalized spacial score (nSPS) is 22.1. The van der Waals surface area contributed by atoms with Crippen molar-refractivity contribution < 1.29 is 4.74 Å². The Morgan fingerprint density at radius 1 is 1.50 bits per heavy atom. The van der Waals surface area contributed by atoms with Crippen molar-refractivity contribution in [3.63, 3.8) is 0 Å². The molecule has 14 heavy (non-hydrogen) atoms. The monoisotopic (exact) mass is 195 g/mol. The first-order chi connectivity index (χ1) is 6.56. The van der Waals surface area contributed by atoms with E-state index in [-0.39, 0.29) is 11.7 Å². The fraction of sp³-hybridized carbons (Fsp3) is 0.800. The first kappa shape index (κ1) is 9.65. The highest BCUT2D eigenvalue weighted by atomic mass is 16.5. The molecule has 1 aromatic heterocycles. The second-order valence-corrected chi connectivity index (χ2v) is 4.74. The van der Waals surface area contributed by atoms with Crippen LogP contribution >= 0.6 is 0 Å². The number of hydrogen-bond acceptors (Lipinski definition) is 3. The molecule has 1 aromatic rings. The molecule has 1 atom stereocenters. The van der Waals surface area contributed by atoms with E-state index in [4.69, 9.17) is 4.74 Å². The van der Waals surface area contributed by atoms with Gasteiger partial charge in [-0.05, 0) is 33.6 Å². The summed E-state index contributed by atoms with van der Waals surface area (Å²) >= 11 is 0. The number of aryl methyl sites for hydroxylation is 1. The van der Waals surface area contributed by atoms with Gasteiger partial charge in [0.15, 0.2) is 0 Å².